The van der Waals surface area contributed by atoms with E-state index in [0.29, 0.717) is 57.4 Å². The minimum Gasteiger partial charge on any atom is -0.458 e. The van der Waals surface area contributed by atoms with Crippen molar-refractivity contribution in [3.8, 4) is 17.3 Å². The van der Waals surface area contributed by atoms with Gasteiger partial charge < -0.3 is 39.8 Å². The second-order valence-corrected chi connectivity index (χ2v) is 17.9. The molecule has 3 aliphatic rings. The lowest BCUT2D eigenvalue weighted by Gasteiger charge is -2.46. The average molecular weight is 905 g/mol. The van der Waals surface area contributed by atoms with Crippen LogP contribution in [-0.4, -0.2) is 136 Å². The fourth-order valence-corrected chi connectivity index (χ4v) is 9.34. The molecule has 3 fully saturated rings. The monoisotopic (exact) mass is 904 g/mol. The van der Waals surface area contributed by atoms with Crippen molar-refractivity contribution in [2.45, 2.75) is 154 Å². The van der Waals surface area contributed by atoms with E-state index in [1.54, 1.807) is 30.5 Å². The number of aliphatic hydroxyl groups excluding tert-OH is 1. The van der Waals surface area contributed by atoms with Crippen molar-refractivity contribution in [1.29, 1.82) is 5.26 Å². The third-order valence-electron chi connectivity index (χ3n) is 12.6. The standard InChI is InChI=1S/C43H66N8O9.CH3FS/c1-10-34-43(8)37(51(41(55)60-43)19-12-11-18-50-24-33(48-49-50)30-14-13-15-31(45)21-30)29(6)47-23-25(2)22-42(7,56-9)38(27(4)35(52)28(5)39(54)58-34)59-40-36(53)32(46-17-16-44)20-26(3)57-40;1-3-2/h13-15,21,24-29,32,34,36-38,40,46-47,53H,10-12,17-20,22-23,45H2,1-9H3;1H3/t25-,26?,27+,28-,29-,32?,34-,36?,37-,38-,40+,42-,43-;/m1./s1. The summed E-state index contributed by atoms with van der Waals surface area (Å²) in [5.41, 5.74) is 5.85. The van der Waals surface area contributed by atoms with Gasteiger partial charge in [0.05, 0.1) is 42.7 Å². The number of cyclic esters (lactones) is 1. The summed E-state index contributed by atoms with van der Waals surface area (Å²) in [6.07, 6.45) is 0.825. The molecule has 0 radical (unpaired) electrons. The van der Waals surface area contributed by atoms with E-state index in [9.17, 15) is 28.6 Å². The van der Waals surface area contributed by atoms with E-state index in [0.717, 1.165) is 11.3 Å². The predicted octanol–water partition coefficient (Wildman–Crippen LogP) is 5.07. The number of rotatable bonds is 12. The first kappa shape index (κ1) is 51.7. The molecule has 13 atom stereocenters. The number of Topliss-reactive ketones (excluding diaryl/α,β-unsaturated/α-hetero) is 1. The molecule has 5 rings (SSSR count). The van der Waals surface area contributed by atoms with E-state index in [1.165, 1.54) is 13.2 Å². The van der Waals surface area contributed by atoms with Crippen molar-refractivity contribution >= 4 is 35.7 Å². The van der Waals surface area contributed by atoms with Crippen LogP contribution in [0.2, 0.25) is 0 Å². The van der Waals surface area contributed by atoms with Crippen molar-refractivity contribution in [2.24, 2.45) is 17.8 Å². The topological polar surface area (TPSA) is 225 Å². The van der Waals surface area contributed by atoms with Crippen molar-refractivity contribution < 1.29 is 47.1 Å². The number of nitrogen functional groups attached to an aromatic ring is 1. The highest BCUT2D eigenvalue weighted by Gasteiger charge is 2.58. The van der Waals surface area contributed by atoms with E-state index in [2.05, 4.69) is 27.9 Å². The van der Waals surface area contributed by atoms with Gasteiger partial charge in [-0.15, -0.1) is 5.10 Å². The van der Waals surface area contributed by atoms with Crippen LogP contribution < -0.4 is 16.4 Å². The molecule has 5 N–H and O–H groups in total. The molecule has 0 spiro atoms. The quantitative estimate of drug-likeness (QED) is 0.0717. The maximum absolute atomic E-state index is 14.4. The number of benzene rings is 1. The molecule has 1 aromatic heterocycles. The summed E-state index contributed by atoms with van der Waals surface area (Å²) in [5, 5.41) is 35.9. The Labute approximate surface area is 375 Å². The number of hydrogen-bond donors (Lipinski definition) is 4. The molecule has 1 amide bonds. The number of carbonyl (C=O) groups excluding carboxylic acids is 3. The zero-order valence-electron chi connectivity index (χ0n) is 38.4. The van der Waals surface area contributed by atoms with Gasteiger partial charge in [0, 0.05) is 67.9 Å². The Morgan fingerprint density at radius 3 is 2.51 bits per heavy atom. The van der Waals surface area contributed by atoms with Crippen molar-refractivity contribution in [3.63, 3.8) is 0 Å². The molecule has 17 nitrogen and oxygen atoms in total. The number of nitriles is 1. The number of unbranched alkanes of at least 4 members (excludes halogenated alkanes) is 1. The number of nitrogens with one attached hydrogen (secondary N) is 2. The normalized spacial score (nSPS) is 34.4. The highest BCUT2D eigenvalue weighted by molar-refractivity contribution is 7.93. The Kier molecular flexibility index (Phi) is 19.2. The summed E-state index contributed by atoms with van der Waals surface area (Å²) in [5.74, 6) is -3.36. The third-order valence-corrected chi connectivity index (χ3v) is 12.6. The van der Waals surface area contributed by atoms with Gasteiger partial charge in [-0.2, -0.15) is 9.15 Å². The summed E-state index contributed by atoms with van der Waals surface area (Å²) in [6, 6.07) is 8.18. The van der Waals surface area contributed by atoms with Crippen molar-refractivity contribution in [1.82, 2.24) is 30.5 Å². The van der Waals surface area contributed by atoms with E-state index < -0.39 is 77.6 Å². The zero-order chi connectivity index (χ0) is 46.6. The zero-order valence-corrected chi connectivity index (χ0v) is 39.2. The Hall–Kier alpha value is -3.90. The second kappa shape index (κ2) is 23.3. The van der Waals surface area contributed by atoms with Crippen LogP contribution in [0.25, 0.3) is 11.3 Å². The Morgan fingerprint density at radius 1 is 1.16 bits per heavy atom. The fraction of sp³-hybridized carbons (Fsp3) is 0.727. The maximum Gasteiger partial charge on any atom is 0.410 e. The van der Waals surface area contributed by atoms with Gasteiger partial charge in [0.1, 0.15) is 23.8 Å². The Bertz CT molecular complexity index is 1860. The number of halogens is 1. The Balaban J connectivity index is 0.00000282. The number of methoxy groups -OCH3 is 1. The summed E-state index contributed by atoms with van der Waals surface area (Å²) in [6.45, 7) is 16.1. The molecule has 0 aliphatic carbocycles. The largest absolute Gasteiger partial charge is 0.458 e. The summed E-state index contributed by atoms with van der Waals surface area (Å²) < 4.78 is 43.3. The molecule has 63 heavy (non-hydrogen) atoms. The summed E-state index contributed by atoms with van der Waals surface area (Å²) in [7, 11) is 1.55. The molecule has 3 aliphatic heterocycles. The highest BCUT2D eigenvalue weighted by atomic mass is 32.2. The molecule has 19 heteroatoms. The number of anilines is 1. The fourth-order valence-electron chi connectivity index (χ4n) is 9.34. The highest BCUT2D eigenvalue weighted by Crippen LogP contribution is 2.40. The summed E-state index contributed by atoms with van der Waals surface area (Å²) in [4.78, 5) is 43.9. The molecule has 2 aromatic rings. The number of nitrogens with two attached hydrogens (primary N) is 1. The molecule has 0 bridgehead atoms. The number of carbonyl (C=O) groups is 3. The number of aromatic nitrogens is 3. The van der Waals surface area contributed by atoms with Crippen LogP contribution >= 0.6 is 12.1 Å². The van der Waals surface area contributed by atoms with E-state index in [1.807, 2.05) is 64.2 Å². The van der Waals surface area contributed by atoms with Crippen molar-refractivity contribution in [3.05, 3.63) is 30.5 Å². The number of ketones is 1. The van der Waals surface area contributed by atoms with Gasteiger partial charge in [-0.1, -0.05) is 38.1 Å². The molecule has 3 unspecified atom stereocenters. The minimum atomic E-state index is -1.25. The predicted molar refractivity (Wildman–Crippen MR) is 237 cm³/mol. The lowest BCUT2D eigenvalue weighted by atomic mass is 9.78. The molecule has 3 saturated heterocycles. The number of hydrogen-bond acceptors (Lipinski definition) is 16. The average Bonchev–Trinajstić information content (AvgIpc) is 3.83. The van der Waals surface area contributed by atoms with E-state index in [4.69, 9.17) is 29.4 Å². The molecule has 352 valence electrons. The van der Waals surface area contributed by atoms with Gasteiger partial charge in [-0.05, 0) is 91.3 Å². The lowest BCUT2D eigenvalue weighted by Crippen LogP contribution is -2.61. The van der Waals surface area contributed by atoms with Gasteiger partial charge in [-0.25, -0.2) is 4.79 Å². The van der Waals surface area contributed by atoms with Crippen LogP contribution in [0.15, 0.2) is 30.5 Å². The second-order valence-electron chi connectivity index (χ2n) is 17.6. The molecule has 1 aromatic carbocycles. The number of nitrogens with zero attached hydrogens (tertiary/aromatic N) is 5. The third kappa shape index (κ3) is 12.7. The number of aryl methyl sites for hydroxylation is 1. The smallest absolute Gasteiger partial charge is 0.410 e. The number of aliphatic hydroxyl groups is 1. The maximum atomic E-state index is 14.4. The number of amides is 1. The SMILES string of the molecule is CC[C@H]1OC(=O)[C@H](C)C(=O)[C@H](C)[C@@H](O[C@@H]2OC(C)CC(NCC#N)C2O)[C@](C)(OC)C[C@@H](C)CN[C@H](C)[C@H]2N(CCCCn3cc(-c4cccc(N)c4)nn3)C(=O)O[C@]12C.CSF. The summed E-state index contributed by atoms with van der Waals surface area (Å²) >= 11 is 0.250. The van der Waals surface area contributed by atoms with Crippen LogP contribution in [0.3, 0.4) is 0 Å². The van der Waals surface area contributed by atoms with Crippen LogP contribution in [0.1, 0.15) is 87.5 Å². The molecular formula is C44H69FN8O9S. The number of fused-ring (bicyclic) bond motifs is 1. The first-order valence-electron chi connectivity index (χ1n) is 21.9. The van der Waals surface area contributed by atoms with Gasteiger partial charge in [0.25, 0.3) is 0 Å². The van der Waals surface area contributed by atoms with E-state index in [-0.39, 0.29) is 36.8 Å². The van der Waals surface area contributed by atoms with E-state index >= 15 is 0 Å². The minimum absolute atomic E-state index is 0.0323. The first-order chi connectivity index (χ1) is 29.9. The van der Waals surface area contributed by atoms with Crippen LogP contribution in [-0.2, 0) is 39.8 Å². The van der Waals surface area contributed by atoms with Crippen LogP contribution in [0.5, 0.6) is 0 Å². The first-order valence-corrected chi connectivity index (χ1v) is 23.0. The number of esters is 1. The molecular weight excluding hydrogens is 836 g/mol. The lowest BCUT2D eigenvalue weighted by molar-refractivity contribution is -0.290. The van der Waals surface area contributed by atoms with Crippen molar-refractivity contribution in [2.75, 3.05) is 38.7 Å². The van der Waals surface area contributed by atoms with Gasteiger partial charge >= 0.3 is 12.1 Å². The van der Waals surface area contributed by atoms with Crippen LogP contribution in [0.4, 0.5) is 14.4 Å². The molecule has 4 heterocycles. The number of ether oxygens (including phenoxy) is 5. The van der Waals surface area contributed by atoms with Gasteiger partial charge in [-0.3, -0.25) is 24.5 Å². The Morgan fingerprint density at radius 2 is 1.86 bits per heavy atom. The van der Waals surface area contributed by atoms with Gasteiger partial charge in [0.15, 0.2) is 17.7 Å². The van der Waals surface area contributed by atoms with Crippen LogP contribution in [0, 0.1) is 29.1 Å². The van der Waals surface area contributed by atoms with Gasteiger partial charge in [0.2, 0.25) is 0 Å². The molecule has 0 saturated carbocycles.